The van der Waals surface area contributed by atoms with Crippen LogP contribution in [-0.2, 0) is 22.8 Å². The third kappa shape index (κ3) is 6.82. The fraction of sp³-hybridized carbons (Fsp3) is 1.00. The first-order valence-electron chi connectivity index (χ1n) is 6.52. The van der Waals surface area contributed by atoms with Gasteiger partial charge in [0.1, 0.15) is 0 Å². The maximum absolute atomic E-state index is 5.65. The highest BCUT2D eigenvalue weighted by Gasteiger charge is 2.38. The molecule has 0 spiro atoms. The molecule has 0 saturated heterocycles. The molecule has 1 atom stereocenters. The Labute approximate surface area is 112 Å². The van der Waals surface area contributed by atoms with E-state index in [1.165, 1.54) is 0 Å². The summed E-state index contributed by atoms with van der Waals surface area (Å²) >= 11 is 0. The fourth-order valence-electron chi connectivity index (χ4n) is 1.70. The Kier molecular flexibility index (Phi) is 10.9. The molecule has 1 unspecified atom stereocenters. The van der Waals surface area contributed by atoms with Crippen molar-refractivity contribution in [1.29, 1.82) is 0 Å². The molecule has 5 nitrogen and oxygen atoms in total. The minimum absolute atomic E-state index is 0.0777. The van der Waals surface area contributed by atoms with Gasteiger partial charge in [-0.15, -0.1) is 0 Å². The molecule has 0 heterocycles. The van der Waals surface area contributed by atoms with E-state index in [9.17, 15) is 0 Å². The van der Waals surface area contributed by atoms with Gasteiger partial charge in [0, 0.05) is 40.6 Å². The molecule has 0 bridgehead atoms. The van der Waals surface area contributed by atoms with Crippen molar-refractivity contribution in [2.45, 2.75) is 38.8 Å². The van der Waals surface area contributed by atoms with Crippen LogP contribution in [-0.4, -0.2) is 56.1 Å². The van der Waals surface area contributed by atoms with Crippen molar-refractivity contribution < 1.29 is 22.8 Å². The van der Waals surface area contributed by atoms with Gasteiger partial charge in [-0.2, -0.15) is 0 Å². The second kappa shape index (κ2) is 10.9. The lowest BCUT2D eigenvalue weighted by Crippen LogP contribution is -2.43. The first kappa shape index (κ1) is 18.0. The number of hydrogen-bond acceptors (Lipinski definition) is 5. The van der Waals surface area contributed by atoms with Crippen molar-refractivity contribution in [3.63, 3.8) is 0 Å². The standard InChI is InChI=1S/C12H28O5Si/c1-6-9-16-11-12(17-7-2)8-10-18(13-3,14-4)15-5/h12H,6-11H2,1-5H3. The molecule has 0 rings (SSSR count). The Bertz CT molecular complexity index is 179. The summed E-state index contributed by atoms with van der Waals surface area (Å²) in [7, 11) is 2.39. The number of hydrogen-bond donors (Lipinski definition) is 0. The molecule has 0 saturated carbocycles. The normalized spacial score (nSPS) is 13.8. The predicted molar refractivity (Wildman–Crippen MR) is 72.7 cm³/mol. The molecule has 0 amide bonds. The van der Waals surface area contributed by atoms with Crippen LogP contribution in [0.4, 0.5) is 0 Å². The quantitative estimate of drug-likeness (QED) is 0.404. The van der Waals surface area contributed by atoms with Crippen LogP contribution in [0.1, 0.15) is 26.7 Å². The van der Waals surface area contributed by atoms with Crippen molar-refractivity contribution in [1.82, 2.24) is 0 Å². The summed E-state index contributed by atoms with van der Waals surface area (Å²) < 4.78 is 27.3. The first-order valence-corrected chi connectivity index (χ1v) is 8.45. The van der Waals surface area contributed by atoms with Crippen molar-refractivity contribution >= 4 is 8.80 Å². The van der Waals surface area contributed by atoms with Crippen molar-refractivity contribution in [3.05, 3.63) is 0 Å². The molecule has 0 aliphatic heterocycles. The van der Waals surface area contributed by atoms with Crippen LogP contribution in [0.2, 0.25) is 6.04 Å². The maximum atomic E-state index is 5.65. The molecule has 0 N–H and O–H groups in total. The van der Waals surface area contributed by atoms with Gasteiger partial charge in [-0.05, 0) is 19.8 Å². The van der Waals surface area contributed by atoms with Crippen molar-refractivity contribution in [2.75, 3.05) is 41.2 Å². The monoisotopic (exact) mass is 280 g/mol. The summed E-state index contributed by atoms with van der Waals surface area (Å²) in [6, 6.07) is 0.733. The van der Waals surface area contributed by atoms with E-state index < -0.39 is 8.80 Å². The number of ether oxygens (including phenoxy) is 2. The predicted octanol–water partition coefficient (Wildman–Crippen LogP) is 2.09. The summed E-state index contributed by atoms with van der Waals surface area (Å²) in [6.07, 6.45) is 1.92. The average Bonchev–Trinajstić information content (AvgIpc) is 2.41. The van der Waals surface area contributed by atoms with E-state index >= 15 is 0 Å². The summed E-state index contributed by atoms with van der Waals surface area (Å²) in [5, 5.41) is 0. The molecule has 0 aromatic rings. The van der Waals surface area contributed by atoms with Crippen LogP contribution in [0.25, 0.3) is 0 Å². The molecule has 0 aromatic carbocycles. The van der Waals surface area contributed by atoms with Gasteiger partial charge in [-0.1, -0.05) is 6.92 Å². The Morgan fingerprint density at radius 1 is 1.00 bits per heavy atom. The van der Waals surface area contributed by atoms with Crippen LogP contribution in [0.15, 0.2) is 0 Å². The van der Waals surface area contributed by atoms with E-state index in [0.717, 1.165) is 25.5 Å². The average molecular weight is 280 g/mol. The van der Waals surface area contributed by atoms with E-state index in [1.54, 1.807) is 21.3 Å². The molecule has 18 heavy (non-hydrogen) atoms. The zero-order valence-corrected chi connectivity index (χ0v) is 13.4. The highest BCUT2D eigenvalue weighted by molar-refractivity contribution is 6.60. The molecule has 0 aliphatic carbocycles. The zero-order valence-electron chi connectivity index (χ0n) is 12.4. The zero-order chi connectivity index (χ0) is 13.9. The van der Waals surface area contributed by atoms with E-state index in [0.29, 0.717) is 13.2 Å². The van der Waals surface area contributed by atoms with Gasteiger partial charge in [0.2, 0.25) is 0 Å². The molecule has 0 aliphatic rings. The third-order valence-electron chi connectivity index (χ3n) is 2.76. The van der Waals surface area contributed by atoms with Gasteiger partial charge >= 0.3 is 8.80 Å². The van der Waals surface area contributed by atoms with E-state index in [4.69, 9.17) is 22.8 Å². The maximum Gasteiger partial charge on any atom is 0.500 e. The Balaban J connectivity index is 4.14. The smallest absolute Gasteiger partial charge is 0.379 e. The lowest BCUT2D eigenvalue weighted by molar-refractivity contribution is -0.0155. The van der Waals surface area contributed by atoms with E-state index in [2.05, 4.69) is 6.92 Å². The minimum Gasteiger partial charge on any atom is -0.379 e. The molecular weight excluding hydrogens is 252 g/mol. The molecular formula is C12H28O5Si. The third-order valence-corrected chi connectivity index (χ3v) is 5.53. The summed E-state index contributed by atoms with van der Waals surface area (Å²) in [5.41, 5.74) is 0. The fourth-order valence-corrected chi connectivity index (χ4v) is 3.49. The highest BCUT2D eigenvalue weighted by atomic mass is 28.4. The van der Waals surface area contributed by atoms with Crippen LogP contribution < -0.4 is 0 Å². The van der Waals surface area contributed by atoms with Crippen molar-refractivity contribution in [2.24, 2.45) is 0 Å². The highest BCUT2D eigenvalue weighted by Crippen LogP contribution is 2.18. The Morgan fingerprint density at radius 3 is 2.06 bits per heavy atom. The molecule has 0 aromatic heterocycles. The van der Waals surface area contributed by atoms with Crippen LogP contribution >= 0.6 is 0 Å². The van der Waals surface area contributed by atoms with Crippen molar-refractivity contribution in [3.8, 4) is 0 Å². The summed E-state index contributed by atoms with van der Waals surface area (Å²) in [5.74, 6) is 0. The second-order valence-corrected chi connectivity index (χ2v) is 7.08. The Hall–Kier alpha value is 0.0169. The van der Waals surface area contributed by atoms with Gasteiger partial charge in [-0.25, -0.2) is 0 Å². The lowest BCUT2D eigenvalue weighted by atomic mass is 10.3. The van der Waals surface area contributed by atoms with E-state index in [-0.39, 0.29) is 6.10 Å². The SMILES string of the molecule is CCCOCC(CC[Si](OC)(OC)OC)OCC. The largest absolute Gasteiger partial charge is 0.500 e. The van der Waals surface area contributed by atoms with Crippen LogP contribution in [0.5, 0.6) is 0 Å². The lowest BCUT2D eigenvalue weighted by Gasteiger charge is -2.26. The topological polar surface area (TPSA) is 46.2 Å². The van der Waals surface area contributed by atoms with Gasteiger partial charge in [0.05, 0.1) is 12.7 Å². The van der Waals surface area contributed by atoms with Crippen LogP contribution in [0.3, 0.4) is 0 Å². The molecule has 0 fully saturated rings. The first-order chi connectivity index (χ1) is 8.67. The molecule has 6 heteroatoms. The van der Waals surface area contributed by atoms with Gasteiger partial charge < -0.3 is 22.8 Å². The second-order valence-electron chi connectivity index (χ2n) is 3.99. The van der Waals surface area contributed by atoms with Gasteiger partial charge in [0.25, 0.3) is 0 Å². The molecule has 0 radical (unpaired) electrons. The van der Waals surface area contributed by atoms with Crippen LogP contribution in [0, 0.1) is 0 Å². The van der Waals surface area contributed by atoms with Gasteiger partial charge in [0.15, 0.2) is 0 Å². The summed E-state index contributed by atoms with van der Waals surface area (Å²) in [6.45, 7) is 6.14. The number of rotatable bonds is 12. The minimum atomic E-state index is -2.49. The summed E-state index contributed by atoms with van der Waals surface area (Å²) in [4.78, 5) is 0. The van der Waals surface area contributed by atoms with E-state index in [1.807, 2.05) is 6.92 Å². The van der Waals surface area contributed by atoms with Gasteiger partial charge in [-0.3, -0.25) is 0 Å². The molecule has 110 valence electrons. The Morgan fingerprint density at radius 2 is 1.61 bits per heavy atom.